The van der Waals surface area contributed by atoms with Crippen molar-refractivity contribution in [2.24, 2.45) is 0 Å². The van der Waals surface area contributed by atoms with Gasteiger partial charge in [0.1, 0.15) is 0 Å². The van der Waals surface area contributed by atoms with Crippen LogP contribution >= 0.6 is 0 Å². The topological polar surface area (TPSA) is 0 Å². The highest BCUT2D eigenvalue weighted by Crippen LogP contribution is 2.41. The van der Waals surface area contributed by atoms with Crippen LogP contribution in [0.2, 0.25) is 0 Å². The van der Waals surface area contributed by atoms with E-state index >= 15 is 0 Å². The zero-order valence-electron chi connectivity index (χ0n) is 7.42. The summed E-state index contributed by atoms with van der Waals surface area (Å²) in [7, 11) is 0. The fraction of sp³-hybridized carbons (Fsp3) is 0.333. The smallest absolute Gasteiger partial charge is 0.166 e. The molecular weight excluding hydrogens is 222 g/mol. The molecule has 0 N–H and O–H groups in total. The van der Waals surface area contributed by atoms with Gasteiger partial charge in [-0.15, -0.1) is 0 Å². The Morgan fingerprint density at radius 1 is 1.00 bits per heavy atom. The van der Waals surface area contributed by atoms with Crippen molar-refractivity contribution in [1.82, 2.24) is 0 Å². The van der Waals surface area contributed by atoms with Crippen LogP contribution in [0.4, 0.5) is 26.3 Å². The van der Waals surface area contributed by atoms with E-state index in [1.165, 1.54) is 0 Å². The Morgan fingerprint density at radius 2 is 1.53 bits per heavy atom. The highest BCUT2D eigenvalue weighted by molar-refractivity contribution is 5.37. The Kier molecular flexibility index (Phi) is 2.71. The van der Waals surface area contributed by atoms with Gasteiger partial charge in [0.05, 0.1) is 11.1 Å². The standard InChI is InChI=1S/C9H5F6/c1-5-3-2-4-6(8(10,11)12)7(5)9(13,14)15/h2-3H,1H3. The molecule has 0 saturated carbocycles. The second kappa shape index (κ2) is 3.43. The van der Waals surface area contributed by atoms with E-state index in [0.717, 1.165) is 19.1 Å². The Bertz CT molecular complexity index is 360. The van der Waals surface area contributed by atoms with Crippen LogP contribution in [0.1, 0.15) is 16.7 Å². The molecule has 0 nitrogen and oxygen atoms in total. The third-order valence-electron chi connectivity index (χ3n) is 1.77. The zero-order chi connectivity index (χ0) is 11.9. The fourth-order valence-electron chi connectivity index (χ4n) is 1.19. The predicted octanol–water partition coefficient (Wildman–Crippen LogP) is 3.83. The van der Waals surface area contributed by atoms with Crippen molar-refractivity contribution < 1.29 is 26.3 Å². The molecule has 0 aliphatic heterocycles. The lowest BCUT2D eigenvalue weighted by Gasteiger charge is -2.16. The van der Waals surface area contributed by atoms with Gasteiger partial charge in [0, 0.05) is 0 Å². The first kappa shape index (κ1) is 11.9. The quantitative estimate of drug-likeness (QED) is 0.591. The summed E-state index contributed by atoms with van der Waals surface area (Å²) in [5.41, 5.74) is -3.90. The third-order valence-corrected chi connectivity index (χ3v) is 1.77. The Morgan fingerprint density at radius 3 is 1.87 bits per heavy atom. The molecule has 0 aliphatic rings. The normalized spacial score (nSPS) is 13.0. The first-order chi connectivity index (χ1) is 6.64. The monoisotopic (exact) mass is 227 g/mol. The molecule has 0 heterocycles. The van der Waals surface area contributed by atoms with Gasteiger partial charge in [-0.3, -0.25) is 0 Å². The van der Waals surface area contributed by atoms with Crippen LogP contribution in [0.25, 0.3) is 0 Å². The maximum absolute atomic E-state index is 12.3. The lowest BCUT2D eigenvalue weighted by molar-refractivity contribution is -0.162. The number of rotatable bonds is 0. The van der Waals surface area contributed by atoms with Gasteiger partial charge in [0.2, 0.25) is 0 Å². The summed E-state index contributed by atoms with van der Waals surface area (Å²) in [5.74, 6) is 0. The minimum atomic E-state index is -5.04. The fourth-order valence-corrected chi connectivity index (χ4v) is 1.19. The molecule has 15 heavy (non-hydrogen) atoms. The first-order valence-electron chi connectivity index (χ1n) is 3.79. The second-order valence-corrected chi connectivity index (χ2v) is 2.91. The van der Waals surface area contributed by atoms with Crippen molar-refractivity contribution in [3.8, 4) is 0 Å². The van der Waals surface area contributed by atoms with Gasteiger partial charge in [-0.1, -0.05) is 12.1 Å². The molecule has 0 aliphatic carbocycles. The molecule has 0 unspecified atom stereocenters. The molecule has 0 amide bonds. The van der Waals surface area contributed by atoms with E-state index in [-0.39, 0.29) is 0 Å². The zero-order valence-corrected chi connectivity index (χ0v) is 7.42. The summed E-state index contributed by atoms with van der Waals surface area (Å²) in [6.45, 7) is 0.978. The predicted molar refractivity (Wildman–Crippen MR) is 40.0 cm³/mol. The highest BCUT2D eigenvalue weighted by Gasteiger charge is 2.44. The molecule has 0 saturated heterocycles. The van der Waals surface area contributed by atoms with E-state index in [0.29, 0.717) is 0 Å². The lowest BCUT2D eigenvalue weighted by atomic mass is 10.0. The number of aryl methyl sites for hydroxylation is 1. The average Bonchev–Trinajstić information content (AvgIpc) is 1.99. The van der Waals surface area contributed by atoms with E-state index in [2.05, 4.69) is 0 Å². The number of alkyl halides is 6. The summed E-state index contributed by atoms with van der Waals surface area (Å²) < 4.78 is 73.6. The molecule has 1 aromatic rings. The van der Waals surface area contributed by atoms with Crippen LogP contribution in [0.15, 0.2) is 12.1 Å². The van der Waals surface area contributed by atoms with Gasteiger partial charge in [-0.05, 0) is 18.6 Å². The van der Waals surface area contributed by atoms with E-state index in [4.69, 9.17) is 0 Å². The van der Waals surface area contributed by atoms with E-state index in [9.17, 15) is 26.3 Å². The van der Waals surface area contributed by atoms with Crippen LogP contribution < -0.4 is 0 Å². The molecule has 1 rings (SSSR count). The maximum atomic E-state index is 12.3. The van der Waals surface area contributed by atoms with Crippen molar-refractivity contribution in [2.75, 3.05) is 0 Å². The van der Waals surface area contributed by atoms with Crippen molar-refractivity contribution >= 4 is 0 Å². The molecule has 6 heteroatoms. The second-order valence-electron chi connectivity index (χ2n) is 2.91. The van der Waals surface area contributed by atoms with Gasteiger partial charge in [-0.25, -0.2) is 0 Å². The van der Waals surface area contributed by atoms with Gasteiger partial charge in [-0.2, -0.15) is 26.3 Å². The van der Waals surface area contributed by atoms with Gasteiger partial charge >= 0.3 is 12.4 Å². The molecular formula is C9H5F6. The van der Waals surface area contributed by atoms with Crippen LogP contribution in [0.5, 0.6) is 0 Å². The minimum Gasteiger partial charge on any atom is -0.166 e. The molecule has 83 valence electrons. The van der Waals surface area contributed by atoms with Crippen LogP contribution in [-0.2, 0) is 12.4 Å². The molecule has 0 aromatic heterocycles. The molecule has 1 radical (unpaired) electrons. The SMILES string of the molecule is Cc1cc[c]c(C(F)(F)F)c1C(F)(F)F. The van der Waals surface area contributed by atoms with Crippen molar-refractivity contribution in [3.05, 3.63) is 34.9 Å². The highest BCUT2D eigenvalue weighted by atomic mass is 19.4. The summed E-state index contributed by atoms with van der Waals surface area (Å²) in [4.78, 5) is 0. The van der Waals surface area contributed by atoms with Crippen molar-refractivity contribution in [3.63, 3.8) is 0 Å². The number of halogens is 6. The van der Waals surface area contributed by atoms with E-state index < -0.39 is 29.0 Å². The first-order valence-corrected chi connectivity index (χ1v) is 3.79. The van der Waals surface area contributed by atoms with E-state index in [1.807, 2.05) is 0 Å². The van der Waals surface area contributed by atoms with Crippen LogP contribution in [-0.4, -0.2) is 0 Å². The summed E-state index contributed by atoms with van der Waals surface area (Å²) in [5, 5.41) is 0. The molecule has 0 atom stereocenters. The lowest BCUT2D eigenvalue weighted by Crippen LogP contribution is -2.18. The number of benzene rings is 1. The third kappa shape index (κ3) is 2.43. The summed E-state index contributed by atoms with van der Waals surface area (Å²) in [6.07, 6.45) is -10.1. The van der Waals surface area contributed by atoms with Crippen molar-refractivity contribution in [2.45, 2.75) is 19.3 Å². The average molecular weight is 227 g/mol. The Hall–Kier alpha value is -1.20. The van der Waals surface area contributed by atoms with Crippen LogP contribution in [0, 0.1) is 13.0 Å². The number of hydrogen-bond donors (Lipinski definition) is 0. The van der Waals surface area contributed by atoms with Crippen molar-refractivity contribution in [1.29, 1.82) is 0 Å². The molecule has 0 fully saturated rings. The Labute approximate surface area is 81.5 Å². The summed E-state index contributed by atoms with van der Waals surface area (Å²) >= 11 is 0. The van der Waals surface area contributed by atoms with Gasteiger partial charge < -0.3 is 0 Å². The Balaban J connectivity index is 3.48. The molecule has 1 aromatic carbocycles. The van der Waals surface area contributed by atoms with Gasteiger partial charge in [0.25, 0.3) is 0 Å². The largest absolute Gasteiger partial charge is 0.417 e. The van der Waals surface area contributed by atoms with E-state index in [1.54, 1.807) is 6.07 Å². The minimum absolute atomic E-state index is 0.464. The van der Waals surface area contributed by atoms with Crippen LogP contribution in [0.3, 0.4) is 0 Å². The molecule has 0 spiro atoms. The molecule has 0 bridgehead atoms. The number of hydrogen-bond acceptors (Lipinski definition) is 0. The summed E-state index contributed by atoms with van der Waals surface area (Å²) in [6, 6.07) is 3.35. The van der Waals surface area contributed by atoms with Gasteiger partial charge in [0.15, 0.2) is 0 Å². The maximum Gasteiger partial charge on any atom is 0.417 e.